The minimum atomic E-state index is -1.01. The first-order valence-corrected chi connectivity index (χ1v) is 14.7. The molecule has 2 aromatic rings. The van der Waals surface area contributed by atoms with Gasteiger partial charge in [0.05, 0.1) is 11.2 Å². The summed E-state index contributed by atoms with van der Waals surface area (Å²) >= 11 is 0. The van der Waals surface area contributed by atoms with Gasteiger partial charge in [0.2, 0.25) is 6.54 Å². The fourth-order valence-electron chi connectivity index (χ4n) is 7.34. The first kappa shape index (κ1) is 28.4. The van der Waals surface area contributed by atoms with Crippen molar-refractivity contribution in [2.75, 3.05) is 58.3 Å². The highest BCUT2D eigenvalue weighted by atomic mass is 19.1. The number of phenolic OH excluding ortho intramolecular Hbond substituents is 1. The monoisotopic (exact) mass is 575 g/mol. The number of carbonyl (C=O) groups excluding carboxylic acids is 1. The van der Waals surface area contributed by atoms with Crippen molar-refractivity contribution in [3.05, 3.63) is 64.4 Å². The summed E-state index contributed by atoms with van der Waals surface area (Å²) < 4.78 is 20.1. The molecule has 42 heavy (non-hydrogen) atoms. The van der Waals surface area contributed by atoms with Gasteiger partial charge in [0.15, 0.2) is 5.83 Å². The third kappa shape index (κ3) is 4.86. The third-order valence-electron chi connectivity index (χ3n) is 9.73. The van der Waals surface area contributed by atoms with Crippen molar-refractivity contribution >= 4 is 11.7 Å². The van der Waals surface area contributed by atoms with Crippen LogP contribution in [-0.2, 0) is 29.7 Å². The molecule has 0 radical (unpaired) electrons. The molecule has 0 bridgehead atoms. The van der Waals surface area contributed by atoms with Gasteiger partial charge in [-0.05, 0) is 63.5 Å². The number of phenols is 1. The molecule has 1 N–H and O–H groups in total. The number of likely N-dealkylation sites (N-methyl/N-ethyl adjacent to an activating group) is 2. The van der Waals surface area contributed by atoms with Crippen molar-refractivity contribution in [2.24, 2.45) is 0 Å². The Labute approximate surface area is 246 Å². The van der Waals surface area contributed by atoms with Gasteiger partial charge in [-0.15, -0.1) is 0 Å². The molecule has 3 aliphatic heterocycles. The van der Waals surface area contributed by atoms with Crippen molar-refractivity contribution in [1.82, 2.24) is 24.7 Å². The third-order valence-corrected chi connectivity index (χ3v) is 9.73. The molecule has 0 saturated carbocycles. The molecule has 4 heterocycles. The highest BCUT2D eigenvalue weighted by molar-refractivity contribution is 5.91. The summed E-state index contributed by atoms with van der Waals surface area (Å²) in [6.45, 7) is 13.9. The van der Waals surface area contributed by atoms with E-state index in [1.54, 1.807) is 6.07 Å². The maximum absolute atomic E-state index is 13.8. The SMILES string of the molecule is [C-]#[N+]C[C@H]1CN(c2nc(OC[C@@H]3CCCN3C)nc3c2CN(C)C2(CCc4c(O)cccc42)C3)CCN1C(=O)C(=C)F. The molecule has 2 saturated heterocycles. The number of benzene rings is 1. The maximum atomic E-state index is 13.8. The first-order chi connectivity index (χ1) is 20.2. The van der Waals surface area contributed by atoms with Crippen LogP contribution in [0.4, 0.5) is 10.2 Å². The average Bonchev–Trinajstić information content (AvgIpc) is 3.56. The lowest BCUT2D eigenvalue weighted by atomic mass is 9.81. The maximum Gasteiger partial charge on any atom is 0.318 e. The molecule has 222 valence electrons. The highest BCUT2D eigenvalue weighted by Gasteiger charge is 2.47. The zero-order chi connectivity index (χ0) is 29.6. The number of hydrogen-bond acceptors (Lipinski definition) is 8. The van der Waals surface area contributed by atoms with Gasteiger partial charge in [0.25, 0.3) is 5.91 Å². The van der Waals surface area contributed by atoms with Crippen LogP contribution < -0.4 is 9.64 Å². The van der Waals surface area contributed by atoms with E-state index in [2.05, 4.69) is 46.3 Å². The molecule has 1 amide bonds. The number of ether oxygens (including phenoxy) is 1. The van der Waals surface area contributed by atoms with Crippen LogP contribution in [-0.4, -0.2) is 101 Å². The Morgan fingerprint density at radius 3 is 2.81 bits per heavy atom. The largest absolute Gasteiger partial charge is 0.508 e. The van der Waals surface area contributed by atoms with E-state index in [1.807, 2.05) is 6.07 Å². The van der Waals surface area contributed by atoms with Gasteiger partial charge in [-0.25, -0.2) is 11.0 Å². The summed E-state index contributed by atoms with van der Waals surface area (Å²) in [7, 11) is 4.22. The van der Waals surface area contributed by atoms with E-state index in [0.29, 0.717) is 50.5 Å². The number of aromatic hydroxyl groups is 1. The van der Waals surface area contributed by atoms with Gasteiger partial charge < -0.3 is 29.4 Å². The second-order valence-corrected chi connectivity index (χ2v) is 12.1. The van der Waals surface area contributed by atoms with E-state index >= 15 is 0 Å². The summed E-state index contributed by atoms with van der Waals surface area (Å²) in [4.78, 5) is 34.1. The van der Waals surface area contributed by atoms with Crippen LogP contribution in [0.25, 0.3) is 4.85 Å². The predicted molar refractivity (Wildman–Crippen MR) is 156 cm³/mol. The Kier molecular flexibility index (Phi) is 7.53. The summed E-state index contributed by atoms with van der Waals surface area (Å²) in [5.74, 6) is -0.694. The molecule has 1 aromatic carbocycles. The number of halogens is 1. The smallest absolute Gasteiger partial charge is 0.318 e. The molecule has 6 rings (SSSR count). The molecule has 4 aliphatic rings. The average molecular weight is 576 g/mol. The Morgan fingerprint density at radius 1 is 1.24 bits per heavy atom. The summed E-state index contributed by atoms with van der Waals surface area (Å²) in [5.41, 5.74) is 3.76. The van der Waals surface area contributed by atoms with Crippen LogP contribution in [0.3, 0.4) is 0 Å². The highest BCUT2D eigenvalue weighted by Crippen LogP contribution is 2.50. The van der Waals surface area contributed by atoms with Gasteiger partial charge >= 0.3 is 6.01 Å². The lowest BCUT2D eigenvalue weighted by Gasteiger charge is -2.46. The second-order valence-electron chi connectivity index (χ2n) is 12.1. The number of nitrogens with zero attached hydrogens (tertiary/aromatic N) is 7. The van der Waals surface area contributed by atoms with Gasteiger partial charge in [-0.3, -0.25) is 9.69 Å². The number of aromatic nitrogens is 2. The van der Waals surface area contributed by atoms with Crippen molar-refractivity contribution < 1.29 is 19.0 Å². The normalized spacial score (nSPS) is 25.8. The minimum Gasteiger partial charge on any atom is -0.508 e. The Hall–Kier alpha value is -3.75. The van der Waals surface area contributed by atoms with Crippen LogP contribution in [0.2, 0.25) is 0 Å². The molecule has 1 aromatic heterocycles. The number of carbonyl (C=O) groups is 1. The number of piperazine rings is 1. The fraction of sp³-hybridized carbons (Fsp3) is 0.548. The van der Waals surface area contributed by atoms with Gasteiger partial charge in [0, 0.05) is 44.2 Å². The lowest BCUT2D eigenvalue weighted by molar-refractivity contribution is -0.131. The molecule has 1 unspecified atom stereocenters. The summed E-state index contributed by atoms with van der Waals surface area (Å²) in [5, 5.41) is 10.6. The Balaban J connectivity index is 1.36. The molecule has 3 atom stereocenters. The topological polar surface area (TPSA) is 89.6 Å². The zero-order valence-corrected chi connectivity index (χ0v) is 24.4. The van der Waals surface area contributed by atoms with Crippen LogP contribution in [0.5, 0.6) is 11.8 Å². The number of likely N-dealkylation sites (tertiary alicyclic amines) is 1. The van der Waals surface area contributed by atoms with Crippen molar-refractivity contribution in [2.45, 2.75) is 56.3 Å². The standard InChI is InChI=1S/C31H38FN7O3/c1-20(32)29(41)39-14-13-38(17-22(39)16-33-2)28-24-18-37(4)31(11-10-23-25(31)8-5-9-27(23)40)15-26(24)34-30(35-28)42-19-21-7-6-12-36(21)3/h5,8-9,21-22,40H,1,6-7,10-19H2,3-4H3/t21-,22-,31?/m0/s1. The summed E-state index contributed by atoms with van der Waals surface area (Å²) in [6.07, 6.45) is 4.52. The fourth-order valence-corrected chi connectivity index (χ4v) is 7.34. The van der Waals surface area contributed by atoms with E-state index in [1.165, 1.54) is 4.90 Å². The lowest BCUT2D eigenvalue weighted by Crippen LogP contribution is -2.57. The zero-order valence-electron chi connectivity index (χ0n) is 24.4. The molecule has 1 aliphatic carbocycles. The molecule has 11 heteroatoms. The molecule has 2 fully saturated rings. The molecule has 10 nitrogen and oxygen atoms in total. The van der Waals surface area contributed by atoms with E-state index in [-0.39, 0.29) is 18.6 Å². The number of amides is 1. The van der Waals surface area contributed by atoms with Gasteiger partial charge in [-0.1, -0.05) is 18.7 Å². The summed E-state index contributed by atoms with van der Waals surface area (Å²) in [6, 6.07) is 5.92. The Bertz CT molecular complexity index is 1440. The van der Waals surface area contributed by atoms with Crippen molar-refractivity contribution in [3.63, 3.8) is 0 Å². The number of hydrogen-bond donors (Lipinski definition) is 1. The second kappa shape index (κ2) is 11.2. The van der Waals surface area contributed by atoms with E-state index in [4.69, 9.17) is 21.3 Å². The van der Waals surface area contributed by atoms with Crippen LogP contribution in [0, 0.1) is 6.57 Å². The molecule has 1 spiro atoms. The predicted octanol–water partition coefficient (Wildman–Crippen LogP) is 2.90. The quantitative estimate of drug-likeness (QED) is 0.416. The van der Waals surface area contributed by atoms with Gasteiger partial charge in [0.1, 0.15) is 24.2 Å². The van der Waals surface area contributed by atoms with E-state index in [0.717, 1.165) is 60.4 Å². The van der Waals surface area contributed by atoms with Crippen LogP contribution in [0.1, 0.15) is 41.6 Å². The number of anilines is 1. The van der Waals surface area contributed by atoms with Crippen molar-refractivity contribution in [1.29, 1.82) is 0 Å². The molecular weight excluding hydrogens is 537 g/mol. The van der Waals surface area contributed by atoms with Crippen LogP contribution >= 0.6 is 0 Å². The first-order valence-electron chi connectivity index (χ1n) is 14.7. The molecular formula is C31H38FN7O3. The Morgan fingerprint density at radius 2 is 2.07 bits per heavy atom. The van der Waals surface area contributed by atoms with E-state index < -0.39 is 17.8 Å². The number of fused-ring (bicyclic) bond motifs is 3. The van der Waals surface area contributed by atoms with Gasteiger partial charge in [-0.2, -0.15) is 9.97 Å². The van der Waals surface area contributed by atoms with Crippen LogP contribution in [0.15, 0.2) is 30.6 Å². The number of rotatable bonds is 6. The minimum absolute atomic E-state index is 0.0590. The van der Waals surface area contributed by atoms with Crippen molar-refractivity contribution in [3.8, 4) is 11.8 Å². The van der Waals surface area contributed by atoms with E-state index in [9.17, 15) is 14.3 Å².